The van der Waals surface area contributed by atoms with Crippen LogP contribution in [0.2, 0.25) is 30.3 Å². The van der Waals surface area contributed by atoms with Gasteiger partial charge >= 0.3 is 5.97 Å². The third kappa shape index (κ3) is 3.40. The maximum absolute atomic E-state index is 10.8. The predicted molar refractivity (Wildman–Crippen MR) is 91.1 cm³/mol. The Balaban J connectivity index is 2.74. The van der Waals surface area contributed by atoms with Crippen molar-refractivity contribution < 1.29 is 9.90 Å². The number of halogens is 6. The van der Waals surface area contributed by atoms with Gasteiger partial charge in [-0.05, 0) is 11.6 Å². The normalized spacial score (nSPS) is 10.8. The van der Waals surface area contributed by atoms with E-state index in [1.54, 1.807) is 0 Å². The molecule has 1 N–H and O–H groups in total. The molecule has 0 amide bonds. The lowest BCUT2D eigenvalue weighted by Crippen LogP contribution is -2.01. The molecule has 0 radical (unpaired) electrons. The van der Waals surface area contributed by atoms with Gasteiger partial charge < -0.3 is 5.11 Å². The van der Waals surface area contributed by atoms with Crippen molar-refractivity contribution in [3.05, 3.63) is 48.1 Å². The summed E-state index contributed by atoms with van der Waals surface area (Å²) in [5, 5.41) is 9.10. The van der Waals surface area contributed by atoms with Crippen molar-refractivity contribution >= 4 is 75.6 Å². The molecular weight excluding hydrogens is 415 g/mol. The van der Waals surface area contributed by atoms with E-state index in [0.29, 0.717) is 11.1 Å². The zero-order valence-electron chi connectivity index (χ0n) is 10.4. The summed E-state index contributed by atoms with van der Waals surface area (Å²) in [6.07, 6.45) is 1.11. The van der Waals surface area contributed by atoms with Gasteiger partial charge in [-0.3, -0.25) is 4.79 Å². The minimum Gasteiger partial charge on any atom is -0.481 e. The van der Waals surface area contributed by atoms with Crippen molar-refractivity contribution in [1.82, 2.24) is 4.98 Å². The summed E-state index contributed by atoms with van der Waals surface area (Å²) in [5.74, 6) is -1.01. The minimum atomic E-state index is -1.01. The van der Waals surface area contributed by atoms with Crippen LogP contribution < -0.4 is 0 Å². The molecule has 0 atom stereocenters. The zero-order chi connectivity index (χ0) is 16.6. The maximum Gasteiger partial charge on any atom is 0.307 e. The molecule has 0 aliphatic carbocycles. The minimum absolute atomic E-state index is 0.0208. The first kappa shape index (κ1) is 17.9. The lowest BCUT2D eigenvalue weighted by Gasteiger charge is -2.14. The fourth-order valence-corrected chi connectivity index (χ4v) is 3.32. The average molecular weight is 420 g/mol. The van der Waals surface area contributed by atoms with E-state index in [-0.39, 0.29) is 42.3 Å². The van der Waals surface area contributed by atoms with Crippen molar-refractivity contribution in [2.75, 3.05) is 0 Å². The van der Waals surface area contributed by atoms with Crippen LogP contribution in [0.1, 0.15) is 5.56 Å². The van der Waals surface area contributed by atoms with Gasteiger partial charge in [0.1, 0.15) is 5.15 Å². The largest absolute Gasteiger partial charge is 0.481 e. The quantitative estimate of drug-likeness (QED) is 0.361. The number of pyridine rings is 1. The molecule has 2 aromatic rings. The van der Waals surface area contributed by atoms with Crippen molar-refractivity contribution in [3.63, 3.8) is 0 Å². The van der Waals surface area contributed by atoms with Crippen LogP contribution in [-0.2, 0) is 11.2 Å². The van der Waals surface area contributed by atoms with Crippen molar-refractivity contribution in [2.45, 2.75) is 6.42 Å². The number of aromatic nitrogens is 1. The third-order valence-corrected chi connectivity index (χ3v) is 5.31. The van der Waals surface area contributed by atoms with Gasteiger partial charge in [0.05, 0.1) is 31.5 Å². The van der Waals surface area contributed by atoms with Gasteiger partial charge in [-0.25, -0.2) is 4.98 Å². The number of carboxylic acid groups (broad SMARTS) is 1. The summed E-state index contributed by atoms with van der Waals surface area (Å²) in [5.41, 5.74) is 0.976. The molecule has 0 unspecified atom stereocenters. The molecule has 3 nitrogen and oxygen atoms in total. The smallest absolute Gasteiger partial charge is 0.307 e. The van der Waals surface area contributed by atoms with Crippen LogP contribution in [0.4, 0.5) is 0 Å². The zero-order valence-corrected chi connectivity index (χ0v) is 15.0. The molecule has 0 spiro atoms. The van der Waals surface area contributed by atoms with Crippen molar-refractivity contribution in [2.24, 2.45) is 0 Å². The molecular formula is C13H5Cl6NO2. The summed E-state index contributed by atoms with van der Waals surface area (Å²) in [6, 6.07) is 1.51. The highest BCUT2D eigenvalue weighted by atomic mass is 35.5. The number of aliphatic carboxylic acids is 1. The molecule has 0 bridgehead atoms. The monoisotopic (exact) mass is 417 g/mol. The summed E-state index contributed by atoms with van der Waals surface area (Å²) in [4.78, 5) is 14.8. The highest BCUT2D eigenvalue weighted by molar-refractivity contribution is 6.56. The van der Waals surface area contributed by atoms with E-state index >= 15 is 0 Å². The molecule has 2 rings (SSSR count). The molecule has 22 heavy (non-hydrogen) atoms. The van der Waals surface area contributed by atoms with Gasteiger partial charge in [-0.1, -0.05) is 69.6 Å². The molecule has 1 aromatic carbocycles. The van der Waals surface area contributed by atoms with E-state index in [9.17, 15) is 4.79 Å². The Morgan fingerprint density at radius 1 is 0.955 bits per heavy atom. The number of rotatable bonds is 3. The summed E-state index contributed by atoms with van der Waals surface area (Å²) >= 11 is 36.4. The molecule has 0 aliphatic heterocycles. The first-order valence-corrected chi connectivity index (χ1v) is 7.88. The van der Waals surface area contributed by atoms with E-state index in [2.05, 4.69) is 4.98 Å². The van der Waals surface area contributed by atoms with Crippen LogP contribution in [-0.4, -0.2) is 16.1 Å². The van der Waals surface area contributed by atoms with Crippen LogP contribution in [0, 0.1) is 0 Å². The van der Waals surface area contributed by atoms with Crippen molar-refractivity contribution in [3.8, 4) is 11.1 Å². The average Bonchev–Trinajstić information content (AvgIpc) is 2.46. The van der Waals surface area contributed by atoms with Crippen LogP contribution >= 0.6 is 69.6 Å². The Kier molecular flexibility index (Phi) is 5.70. The number of carbonyl (C=O) groups is 1. The molecule has 1 heterocycles. The number of carboxylic acids is 1. The maximum atomic E-state index is 10.8. The van der Waals surface area contributed by atoms with Crippen LogP contribution in [0.25, 0.3) is 11.1 Å². The second-order valence-electron chi connectivity index (χ2n) is 4.20. The molecule has 116 valence electrons. The number of hydrogen-bond donors (Lipinski definition) is 1. The number of hydrogen-bond acceptors (Lipinski definition) is 2. The topological polar surface area (TPSA) is 50.2 Å². The van der Waals surface area contributed by atoms with E-state index in [1.165, 1.54) is 12.3 Å². The van der Waals surface area contributed by atoms with Gasteiger partial charge in [0.25, 0.3) is 0 Å². The fourth-order valence-electron chi connectivity index (χ4n) is 1.78. The Labute approximate surface area is 155 Å². The molecule has 0 saturated carbocycles. The molecule has 0 fully saturated rings. The third-order valence-electron chi connectivity index (χ3n) is 2.73. The standard InChI is InChI=1S/C13H5Cl6NO2/c14-8-7(9(15)11(17)12(18)10(8)16)5-1-4(2-6(21)22)3-20-13(5)19/h1,3H,2H2,(H,21,22). The highest BCUT2D eigenvalue weighted by Crippen LogP contribution is 2.49. The molecule has 0 saturated heterocycles. The number of nitrogens with zero attached hydrogens (tertiary/aromatic N) is 1. The van der Waals surface area contributed by atoms with Gasteiger partial charge in [0.2, 0.25) is 0 Å². The van der Waals surface area contributed by atoms with Crippen LogP contribution in [0.5, 0.6) is 0 Å². The van der Waals surface area contributed by atoms with Gasteiger partial charge in [-0.2, -0.15) is 0 Å². The van der Waals surface area contributed by atoms with Gasteiger partial charge in [0, 0.05) is 17.3 Å². The van der Waals surface area contributed by atoms with E-state index in [1.807, 2.05) is 0 Å². The Hall–Kier alpha value is -0.420. The predicted octanol–water partition coefficient (Wildman–Crippen LogP) is 6.30. The van der Waals surface area contributed by atoms with E-state index in [4.69, 9.17) is 74.7 Å². The Bertz CT molecular complexity index is 749. The Morgan fingerprint density at radius 3 is 1.95 bits per heavy atom. The van der Waals surface area contributed by atoms with E-state index in [0.717, 1.165) is 0 Å². The number of benzene rings is 1. The molecule has 9 heteroatoms. The summed E-state index contributed by atoms with van der Waals surface area (Å²) in [6.45, 7) is 0. The van der Waals surface area contributed by atoms with Crippen molar-refractivity contribution in [1.29, 1.82) is 0 Å². The van der Waals surface area contributed by atoms with Crippen LogP contribution in [0.15, 0.2) is 12.3 Å². The highest BCUT2D eigenvalue weighted by Gasteiger charge is 2.22. The van der Waals surface area contributed by atoms with Gasteiger partial charge in [-0.15, -0.1) is 0 Å². The first-order chi connectivity index (χ1) is 10.2. The first-order valence-electron chi connectivity index (χ1n) is 5.62. The lowest BCUT2D eigenvalue weighted by molar-refractivity contribution is -0.136. The molecule has 0 aliphatic rings. The summed E-state index contributed by atoms with van der Waals surface area (Å²) < 4.78 is 0. The van der Waals surface area contributed by atoms with Crippen LogP contribution in [0.3, 0.4) is 0 Å². The fraction of sp³-hybridized carbons (Fsp3) is 0.0769. The van der Waals surface area contributed by atoms with E-state index < -0.39 is 5.97 Å². The van der Waals surface area contributed by atoms with Gasteiger partial charge in [0.15, 0.2) is 0 Å². The SMILES string of the molecule is O=C(O)Cc1cnc(Cl)c(-c2c(Cl)c(Cl)c(Cl)c(Cl)c2Cl)c1. The lowest BCUT2D eigenvalue weighted by atomic mass is 10.0. The summed E-state index contributed by atoms with van der Waals surface area (Å²) in [7, 11) is 0. The molecule has 1 aromatic heterocycles. The second kappa shape index (κ2) is 7.00. The Morgan fingerprint density at radius 2 is 1.45 bits per heavy atom. The second-order valence-corrected chi connectivity index (χ2v) is 6.45.